The van der Waals surface area contributed by atoms with Crippen LogP contribution in [0.1, 0.15) is 24.0 Å². The standard InChI is InChI=1S/C19H24N2O5S2/c1-14-6-7-15(2)17(12-14)20-28(24,25)19-13-16(8-9-18(19)26-3)21-10-4-5-11-27(21,22)23/h6-9,12-13,20H,4-5,10-11H2,1-3H3. The molecule has 1 N–H and O–H groups in total. The minimum Gasteiger partial charge on any atom is -0.495 e. The van der Waals surface area contributed by atoms with Crippen molar-refractivity contribution in [3.05, 3.63) is 47.5 Å². The Bertz CT molecular complexity index is 1100. The number of nitrogens with one attached hydrogen (secondary N) is 1. The van der Waals surface area contributed by atoms with Gasteiger partial charge in [-0.2, -0.15) is 0 Å². The van der Waals surface area contributed by atoms with Gasteiger partial charge in [-0.1, -0.05) is 12.1 Å². The lowest BCUT2D eigenvalue weighted by molar-refractivity contribution is 0.403. The first-order chi connectivity index (χ1) is 13.1. The molecule has 152 valence electrons. The zero-order valence-corrected chi connectivity index (χ0v) is 17.7. The van der Waals surface area contributed by atoms with Crippen molar-refractivity contribution in [2.24, 2.45) is 0 Å². The fourth-order valence-electron chi connectivity index (χ4n) is 3.15. The summed E-state index contributed by atoms with van der Waals surface area (Å²) >= 11 is 0. The van der Waals surface area contributed by atoms with E-state index in [2.05, 4.69) is 4.72 Å². The second-order valence-corrected chi connectivity index (χ2v) is 10.5. The fourth-order valence-corrected chi connectivity index (χ4v) is 6.10. The van der Waals surface area contributed by atoms with Crippen LogP contribution in [0.3, 0.4) is 0 Å². The molecule has 7 nitrogen and oxygen atoms in total. The summed E-state index contributed by atoms with van der Waals surface area (Å²) in [7, 11) is -6.06. The van der Waals surface area contributed by atoms with Crippen molar-refractivity contribution in [2.45, 2.75) is 31.6 Å². The van der Waals surface area contributed by atoms with E-state index >= 15 is 0 Å². The van der Waals surface area contributed by atoms with E-state index in [1.807, 2.05) is 26.0 Å². The van der Waals surface area contributed by atoms with Gasteiger partial charge in [-0.3, -0.25) is 9.03 Å². The van der Waals surface area contributed by atoms with E-state index in [1.165, 1.54) is 23.5 Å². The number of benzene rings is 2. The molecule has 0 spiro atoms. The lowest BCUT2D eigenvalue weighted by Crippen LogP contribution is -2.37. The molecule has 0 aliphatic carbocycles. The van der Waals surface area contributed by atoms with Crippen LogP contribution in [-0.2, 0) is 20.0 Å². The first kappa shape index (κ1) is 20.5. The maximum Gasteiger partial charge on any atom is 0.265 e. The Morgan fingerprint density at radius 1 is 1.07 bits per heavy atom. The lowest BCUT2D eigenvalue weighted by Gasteiger charge is -2.28. The van der Waals surface area contributed by atoms with Crippen LogP contribution < -0.4 is 13.8 Å². The predicted octanol–water partition coefficient (Wildman–Crippen LogP) is 3.04. The summed E-state index contributed by atoms with van der Waals surface area (Å²) in [4.78, 5) is -0.103. The largest absolute Gasteiger partial charge is 0.495 e. The summed E-state index contributed by atoms with van der Waals surface area (Å²) in [6, 6.07) is 9.89. The van der Waals surface area contributed by atoms with E-state index in [4.69, 9.17) is 4.74 Å². The van der Waals surface area contributed by atoms with Crippen LogP contribution in [0.2, 0.25) is 0 Å². The molecule has 28 heavy (non-hydrogen) atoms. The number of ether oxygens (including phenoxy) is 1. The fraction of sp³-hybridized carbons (Fsp3) is 0.368. The highest BCUT2D eigenvalue weighted by Gasteiger charge is 2.29. The highest BCUT2D eigenvalue weighted by molar-refractivity contribution is 7.93. The van der Waals surface area contributed by atoms with Crippen molar-refractivity contribution in [3.63, 3.8) is 0 Å². The zero-order valence-electron chi connectivity index (χ0n) is 16.1. The lowest BCUT2D eigenvalue weighted by atomic mass is 10.1. The molecule has 2 aromatic rings. The zero-order chi connectivity index (χ0) is 20.5. The molecule has 0 aromatic heterocycles. The first-order valence-electron chi connectivity index (χ1n) is 8.92. The number of sulfonamides is 2. The number of aryl methyl sites for hydroxylation is 2. The van der Waals surface area contributed by atoms with Crippen LogP contribution in [0, 0.1) is 13.8 Å². The van der Waals surface area contributed by atoms with Gasteiger partial charge in [0.15, 0.2) is 0 Å². The van der Waals surface area contributed by atoms with E-state index in [9.17, 15) is 16.8 Å². The van der Waals surface area contributed by atoms with Gasteiger partial charge in [0.1, 0.15) is 10.6 Å². The van der Waals surface area contributed by atoms with Crippen LogP contribution in [0.4, 0.5) is 11.4 Å². The smallest absolute Gasteiger partial charge is 0.265 e. The average molecular weight is 425 g/mol. The van der Waals surface area contributed by atoms with Gasteiger partial charge < -0.3 is 4.74 Å². The van der Waals surface area contributed by atoms with Gasteiger partial charge in [0.2, 0.25) is 10.0 Å². The van der Waals surface area contributed by atoms with Gasteiger partial charge in [0.25, 0.3) is 10.0 Å². The van der Waals surface area contributed by atoms with Gasteiger partial charge in [-0.25, -0.2) is 16.8 Å². The number of hydrogen-bond donors (Lipinski definition) is 1. The van der Waals surface area contributed by atoms with Crippen LogP contribution in [-0.4, -0.2) is 36.2 Å². The summed E-state index contributed by atoms with van der Waals surface area (Å²) in [5.41, 5.74) is 2.49. The van der Waals surface area contributed by atoms with E-state index < -0.39 is 20.0 Å². The van der Waals surface area contributed by atoms with Crippen molar-refractivity contribution >= 4 is 31.4 Å². The number of methoxy groups -OCH3 is 1. The van der Waals surface area contributed by atoms with Gasteiger partial charge in [-0.05, 0) is 62.1 Å². The van der Waals surface area contributed by atoms with Crippen LogP contribution >= 0.6 is 0 Å². The second kappa shape index (κ2) is 7.63. The Hall–Kier alpha value is -2.26. The van der Waals surface area contributed by atoms with Crippen molar-refractivity contribution in [3.8, 4) is 5.75 Å². The maximum absolute atomic E-state index is 13.1. The summed E-state index contributed by atoms with van der Waals surface area (Å²) in [6.07, 6.45) is 1.34. The minimum atomic E-state index is -3.99. The van der Waals surface area contributed by atoms with Crippen molar-refractivity contribution in [2.75, 3.05) is 28.4 Å². The molecule has 1 fully saturated rings. The molecular formula is C19H24N2O5S2. The first-order valence-corrected chi connectivity index (χ1v) is 12.0. The molecule has 1 heterocycles. The summed E-state index contributed by atoms with van der Waals surface area (Å²) in [6.45, 7) is 4.02. The molecule has 3 rings (SSSR count). The summed E-state index contributed by atoms with van der Waals surface area (Å²) < 4.78 is 60.1. The molecule has 1 saturated heterocycles. The Morgan fingerprint density at radius 2 is 1.82 bits per heavy atom. The van der Waals surface area contributed by atoms with E-state index in [1.54, 1.807) is 12.1 Å². The van der Waals surface area contributed by atoms with Crippen LogP contribution in [0.25, 0.3) is 0 Å². The minimum absolute atomic E-state index is 0.0574. The number of hydrogen-bond acceptors (Lipinski definition) is 5. The third-order valence-corrected chi connectivity index (χ3v) is 7.97. The summed E-state index contributed by atoms with van der Waals surface area (Å²) in [5.74, 6) is 0.206. The molecule has 9 heteroatoms. The molecule has 0 unspecified atom stereocenters. The number of nitrogens with zero attached hydrogens (tertiary/aromatic N) is 1. The van der Waals surface area contributed by atoms with Crippen LogP contribution in [0.5, 0.6) is 5.75 Å². The summed E-state index contributed by atoms with van der Waals surface area (Å²) in [5, 5.41) is 0. The number of rotatable bonds is 5. The molecule has 0 atom stereocenters. The highest BCUT2D eigenvalue weighted by Crippen LogP contribution is 2.33. The Labute approximate surface area is 166 Å². The maximum atomic E-state index is 13.1. The van der Waals surface area contributed by atoms with E-state index in [0.29, 0.717) is 24.3 Å². The SMILES string of the molecule is COc1ccc(N2CCCCS2(=O)=O)cc1S(=O)(=O)Nc1cc(C)ccc1C. The third-order valence-electron chi connectivity index (χ3n) is 4.71. The normalized spacial score (nSPS) is 16.6. The van der Waals surface area contributed by atoms with E-state index in [-0.39, 0.29) is 16.4 Å². The molecule has 0 radical (unpaired) electrons. The molecular weight excluding hydrogens is 400 g/mol. The quantitative estimate of drug-likeness (QED) is 0.796. The Morgan fingerprint density at radius 3 is 2.50 bits per heavy atom. The van der Waals surface area contributed by atoms with Crippen molar-refractivity contribution < 1.29 is 21.6 Å². The Kier molecular flexibility index (Phi) is 5.58. The molecule has 1 aliphatic rings. The van der Waals surface area contributed by atoms with E-state index in [0.717, 1.165) is 17.5 Å². The van der Waals surface area contributed by atoms with Gasteiger partial charge >= 0.3 is 0 Å². The molecule has 2 aromatic carbocycles. The van der Waals surface area contributed by atoms with Crippen LogP contribution in [0.15, 0.2) is 41.3 Å². The van der Waals surface area contributed by atoms with Crippen molar-refractivity contribution in [1.29, 1.82) is 0 Å². The van der Waals surface area contributed by atoms with Gasteiger partial charge in [0.05, 0.1) is 24.2 Å². The Balaban J connectivity index is 2.05. The molecule has 1 aliphatic heterocycles. The highest BCUT2D eigenvalue weighted by atomic mass is 32.2. The number of anilines is 2. The average Bonchev–Trinajstić information content (AvgIpc) is 2.64. The van der Waals surface area contributed by atoms with Crippen molar-refractivity contribution in [1.82, 2.24) is 0 Å². The molecule has 0 amide bonds. The molecule has 0 saturated carbocycles. The topological polar surface area (TPSA) is 92.8 Å². The second-order valence-electron chi connectivity index (χ2n) is 6.85. The monoisotopic (exact) mass is 424 g/mol. The third kappa shape index (κ3) is 4.10. The predicted molar refractivity (Wildman–Crippen MR) is 110 cm³/mol. The van der Waals surface area contributed by atoms with Gasteiger partial charge in [0, 0.05) is 6.54 Å². The van der Waals surface area contributed by atoms with Gasteiger partial charge in [-0.15, -0.1) is 0 Å². The molecule has 0 bridgehead atoms.